The van der Waals surface area contributed by atoms with Gasteiger partial charge in [-0.15, -0.1) is 0 Å². The first-order valence-corrected chi connectivity index (χ1v) is 5.69. The average molecular weight is 257 g/mol. The summed E-state index contributed by atoms with van der Waals surface area (Å²) in [5.41, 5.74) is 2.30. The second-order valence-electron chi connectivity index (χ2n) is 4.51. The lowest BCUT2D eigenvalue weighted by Crippen LogP contribution is -2.17. The molecule has 3 heteroatoms. The van der Waals surface area contributed by atoms with Gasteiger partial charge in [0.25, 0.3) is 0 Å². The zero-order valence-electron chi connectivity index (χ0n) is 9.48. The van der Waals surface area contributed by atoms with Crippen LogP contribution in [0.4, 0.5) is 0 Å². The maximum absolute atomic E-state index is 4.53. The summed E-state index contributed by atoms with van der Waals surface area (Å²) in [6.45, 7) is 10.5. The Bertz CT molecular complexity index is 317. The van der Waals surface area contributed by atoms with E-state index in [1.54, 1.807) is 0 Å². The number of hydrogen-bond acceptors (Lipinski definition) is 2. The Labute approximate surface area is 94.3 Å². The topological polar surface area (TPSA) is 25.8 Å². The number of nitrogens with zero attached hydrogens (tertiary/aromatic N) is 2. The summed E-state index contributed by atoms with van der Waals surface area (Å²) >= 11 is 3.50. The molecule has 0 saturated carbocycles. The van der Waals surface area contributed by atoms with Crippen molar-refractivity contribution >= 4 is 15.9 Å². The molecule has 0 N–H and O–H groups in total. The molecule has 0 amide bonds. The van der Waals surface area contributed by atoms with E-state index in [1.165, 1.54) is 5.56 Å². The Morgan fingerprint density at radius 2 is 1.79 bits per heavy atom. The second kappa shape index (κ2) is 3.97. The summed E-state index contributed by atoms with van der Waals surface area (Å²) in [6.07, 6.45) is 0.969. The molecule has 0 aliphatic carbocycles. The summed E-state index contributed by atoms with van der Waals surface area (Å²) in [6, 6.07) is 0. The summed E-state index contributed by atoms with van der Waals surface area (Å²) in [4.78, 5) is 9.02. The van der Waals surface area contributed by atoms with Crippen LogP contribution in [0.3, 0.4) is 0 Å². The van der Waals surface area contributed by atoms with Gasteiger partial charge in [0.2, 0.25) is 0 Å². The molecule has 0 saturated heterocycles. The molecule has 14 heavy (non-hydrogen) atoms. The molecule has 0 atom stereocenters. The highest BCUT2D eigenvalue weighted by molar-refractivity contribution is 9.10. The predicted octanol–water partition coefficient (Wildman–Crippen LogP) is 3.41. The number of halogens is 1. The molecule has 0 spiro atoms. The molecule has 0 aromatic carbocycles. The lowest BCUT2D eigenvalue weighted by molar-refractivity contribution is 0.539. The normalized spacial score (nSPS) is 11.9. The van der Waals surface area contributed by atoms with Crippen molar-refractivity contribution in [1.82, 2.24) is 9.97 Å². The van der Waals surface area contributed by atoms with Crippen LogP contribution < -0.4 is 0 Å². The van der Waals surface area contributed by atoms with Gasteiger partial charge in [0.1, 0.15) is 10.4 Å². The van der Waals surface area contributed by atoms with E-state index >= 15 is 0 Å². The van der Waals surface area contributed by atoms with Crippen LogP contribution in [-0.4, -0.2) is 9.97 Å². The van der Waals surface area contributed by atoms with Crippen molar-refractivity contribution in [2.24, 2.45) is 0 Å². The van der Waals surface area contributed by atoms with Gasteiger partial charge in [-0.25, -0.2) is 9.97 Å². The lowest BCUT2D eigenvalue weighted by atomic mass is 9.95. The van der Waals surface area contributed by atoms with E-state index < -0.39 is 0 Å². The van der Waals surface area contributed by atoms with Gasteiger partial charge < -0.3 is 0 Å². The van der Waals surface area contributed by atoms with E-state index in [0.29, 0.717) is 0 Å². The van der Waals surface area contributed by atoms with Crippen molar-refractivity contribution in [1.29, 1.82) is 0 Å². The van der Waals surface area contributed by atoms with Gasteiger partial charge >= 0.3 is 0 Å². The van der Waals surface area contributed by atoms with Crippen LogP contribution in [0.2, 0.25) is 0 Å². The van der Waals surface area contributed by atoms with E-state index in [-0.39, 0.29) is 5.41 Å². The maximum atomic E-state index is 4.53. The zero-order chi connectivity index (χ0) is 10.9. The SMILES string of the molecule is CCc1c(C)nc(C(C)(C)C)nc1Br. The first kappa shape index (κ1) is 11.6. The molecular weight excluding hydrogens is 240 g/mol. The highest BCUT2D eigenvalue weighted by atomic mass is 79.9. The van der Waals surface area contributed by atoms with Gasteiger partial charge in [0.15, 0.2) is 0 Å². The fourth-order valence-corrected chi connectivity index (χ4v) is 2.03. The van der Waals surface area contributed by atoms with E-state index in [2.05, 4.69) is 53.6 Å². The fraction of sp³-hybridized carbons (Fsp3) is 0.636. The Kier molecular flexibility index (Phi) is 3.30. The molecule has 1 aromatic rings. The molecule has 0 fully saturated rings. The molecule has 0 unspecified atom stereocenters. The monoisotopic (exact) mass is 256 g/mol. The van der Waals surface area contributed by atoms with Crippen molar-refractivity contribution in [3.63, 3.8) is 0 Å². The van der Waals surface area contributed by atoms with Crippen molar-refractivity contribution in [3.05, 3.63) is 21.7 Å². The predicted molar refractivity (Wildman–Crippen MR) is 62.5 cm³/mol. The minimum absolute atomic E-state index is 0.0134. The van der Waals surface area contributed by atoms with E-state index in [4.69, 9.17) is 0 Å². The number of rotatable bonds is 1. The lowest BCUT2D eigenvalue weighted by Gasteiger charge is -2.18. The zero-order valence-corrected chi connectivity index (χ0v) is 11.1. The number of aryl methyl sites for hydroxylation is 1. The molecule has 78 valence electrons. The molecule has 1 heterocycles. The molecule has 1 rings (SSSR count). The molecule has 0 bridgehead atoms. The van der Waals surface area contributed by atoms with Gasteiger partial charge in [-0.3, -0.25) is 0 Å². The Hall–Kier alpha value is -0.440. The molecular formula is C11H17BrN2. The van der Waals surface area contributed by atoms with Crippen molar-refractivity contribution in [2.75, 3.05) is 0 Å². The number of aromatic nitrogens is 2. The molecule has 0 radical (unpaired) electrons. The summed E-state index contributed by atoms with van der Waals surface area (Å²) in [5.74, 6) is 0.902. The van der Waals surface area contributed by atoms with Crippen LogP contribution in [-0.2, 0) is 11.8 Å². The molecule has 0 aliphatic rings. The Morgan fingerprint density at radius 1 is 1.21 bits per heavy atom. The highest BCUT2D eigenvalue weighted by Crippen LogP contribution is 2.24. The van der Waals surface area contributed by atoms with E-state index in [1.807, 2.05) is 6.92 Å². The van der Waals surface area contributed by atoms with Crippen LogP contribution >= 0.6 is 15.9 Å². The minimum atomic E-state index is 0.0134. The third-order valence-electron chi connectivity index (χ3n) is 2.19. The quantitative estimate of drug-likeness (QED) is 0.720. The Balaban J connectivity index is 3.28. The standard InChI is InChI=1S/C11H17BrN2/c1-6-8-7(2)13-10(11(3,4)5)14-9(8)12/h6H2,1-5H3. The largest absolute Gasteiger partial charge is 0.237 e. The van der Waals surface area contributed by atoms with E-state index in [0.717, 1.165) is 22.5 Å². The molecule has 2 nitrogen and oxygen atoms in total. The van der Waals surface area contributed by atoms with Gasteiger partial charge in [0, 0.05) is 16.7 Å². The van der Waals surface area contributed by atoms with Gasteiger partial charge in [-0.2, -0.15) is 0 Å². The van der Waals surface area contributed by atoms with Gasteiger partial charge in [0.05, 0.1) is 0 Å². The number of hydrogen-bond donors (Lipinski definition) is 0. The van der Waals surface area contributed by atoms with Crippen LogP contribution in [0.15, 0.2) is 4.60 Å². The van der Waals surface area contributed by atoms with Crippen LogP contribution in [0, 0.1) is 6.92 Å². The van der Waals surface area contributed by atoms with E-state index in [9.17, 15) is 0 Å². The van der Waals surface area contributed by atoms with Gasteiger partial charge in [-0.1, -0.05) is 27.7 Å². The van der Waals surface area contributed by atoms with Crippen LogP contribution in [0.25, 0.3) is 0 Å². The van der Waals surface area contributed by atoms with Gasteiger partial charge in [-0.05, 0) is 29.3 Å². The highest BCUT2D eigenvalue weighted by Gasteiger charge is 2.19. The van der Waals surface area contributed by atoms with Crippen molar-refractivity contribution in [2.45, 2.75) is 46.5 Å². The summed E-state index contributed by atoms with van der Waals surface area (Å²) < 4.78 is 0.942. The molecule has 0 aliphatic heterocycles. The fourth-order valence-electron chi connectivity index (χ4n) is 1.30. The van der Waals surface area contributed by atoms with Crippen molar-refractivity contribution in [3.8, 4) is 0 Å². The van der Waals surface area contributed by atoms with Crippen molar-refractivity contribution < 1.29 is 0 Å². The third kappa shape index (κ3) is 2.32. The smallest absolute Gasteiger partial charge is 0.135 e. The molecule has 1 aromatic heterocycles. The first-order valence-electron chi connectivity index (χ1n) is 4.89. The average Bonchev–Trinajstić information content (AvgIpc) is 2.01. The second-order valence-corrected chi connectivity index (χ2v) is 5.26. The Morgan fingerprint density at radius 3 is 2.14 bits per heavy atom. The first-order chi connectivity index (χ1) is 6.36. The maximum Gasteiger partial charge on any atom is 0.135 e. The summed E-state index contributed by atoms with van der Waals surface area (Å²) in [7, 11) is 0. The van der Waals surface area contributed by atoms with Crippen LogP contribution in [0.5, 0.6) is 0 Å². The third-order valence-corrected chi connectivity index (χ3v) is 2.84. The van der Waals surface area contributed by atoms with Crippen LogP contribution in [0.1, 0.15) is 44.8 Å². The minimum Gasteiger partial charge on any atom is -0.237 e. The summed E-state index contributed by atoms with van der Waals surface area (Å²) in [5, 5.41) is 0.